The van der Waals surface area contributed by atoms with Crippen LogP contribution in [0.15, 0.2) is 53.4 Å². The van der Waals surface area contributed by atoms with Crippen LogP contribution in [0, 0.1) is 5.92 Å². The molecule has 6 heteroatoms. The van der Waals surface area contributed by atoms with Crippen LogP contribution in [-0.4, -0.2) is 43.2 Å². The largest absolute Gasteiger partial charge is 0.497 e. The Labute approximate surface area is 176 Å². The average molecular weight is 411 g/mol. The van der Waals surface area contributed by atoms with E-state index in [1.807, 2.05) is 59.7 Å². The van der Waals surface area contributed by atoms with Gasteiger partial charge in [-0.2, -0.15) is 0 Å². The van der Waals surface area contributed by atoms with E-state index in [2.05, 4.69) is 0 Å². The first-order chi connectivity index (χ1) is 14.1. The molecule has 0 radical (unpaired) electrons. The van der Waals surface area contributed by atoms with Crippen molar-refractivity contribution in [3.05, 3.63) is 54.1 Å². The van der Waals surface area contributed by atoms with Gasteiger partial charge in [0.05, 0.1) is 19.1 Å². The SMILES string of the molecule is COc1ccc(C2CCCN2C(=O)C2CC(=O)N(c3cccc(SC)c3)C2)cc1. The van der Waals surface area contributed by atoms with Gasteiger partial charge in [0, 0.05) is 30.1 Å². The van der Waals surface area contributed by atoms with Crippen molar-refractivity contribution in [1.29, 1.82) is 0 Å². The highest BCUT2D eigenvalue weighted by molar-refractivity contribution is 7.98. The van der Waals surface area contributed by atoms with Gasteiger partial charge in [-0.05, 0) is 55.0 Å². The molecule has 0 spiro atoms. The Kier molecular flexibility index (Phi) is 5.81. The molecule has 2 aromatic carbocycles. The Balaban J connectivity index is 1.49. The van der Waals surface area contributed by atoms with Crippen LogP contribution in [0.2, 0.25) is 0 Å². The Hall–Kier alpha value is -2.47. The second kappa shape index (κ2) is 8.49. The summed E-state index contributed by atoms with van der Waals surface area (Å²) in [6.45, 7) is 1.21. The molecule has 2 aliphatic heterocycles. The minimum absolute atomic E-state index is 0.0294. The third-order valence-corrected chi connectivity index (χ3v) is 6.60. The number of carbonyl (C=O) groups is 2. The molecule has 2 saturated heterocycles. The molecule has 0 N–H and O–H groups in total. The number of nitrogens with zero attached hydrogens (tertiary/aromatic N) is 2. The van der Waals surface area contributed by atoms with E-state index < -0.39 is 0 Å². The summed E-state index contributed by atoms with van der Waals surface area (Å²) in [6.07, 6.45) is 4.25. The standard InChI is InChI=1S/C23H26N2O3S/c1-28-19-10-8-16(9-11-19)21-7-4-12-24(21)23(27)17-13-22(26)25(15-17)18-5-3-6-20(14-18)29-2/h3,5-6,8-11,14,17,21H,4,7,12-13,15H2,1-2H3. The monoisotopic (exact) mass is 410 g/mol. The van der Waals surface area contributed by atoms with Gasteiger partial charge in [0.2, 0.25) is 11.8 Å². The molecule has 5 nitrogen and oxygen atoms in total. The zero-order chi connectivity index (χ0) is 20.4. The van der Waals surface area contributed by atoms with Gasteiger partial charge in [0.1, 0.15) is 5.75 Å². The summed E-state index contributed by atoms with van der Waals surface area (Å²) < 4.78 is 5.24. The fourth-order valence-corrected chi connectivity index (χ4v) is 4.79. The molecule has 0 aromatic heterocycles. The van der Waals surface area contributed by atoms with Crippen LogP contribution in [0.5, 0.6) is 5.75 Å². The molecule has 2 aliphatic rings. The van der Waals surface area contributed by atoms with E-state index >= 15 is 0 Å². The van der Waals surface area contributed by atoms with E-state index in [0.717, 1.165) is 41.3 Å². The van der Waals surface area contributed by atoms with Gasteiger partial charge >= 0.3 is 0 Å². The number of hydrogen-bond acceptors (Lipinski definition) is 4. The van der Waals surface area contributed by atoms with Gasteiger partial charge in [-0.15, -0.1) is 11.8 Å². The van der Waals surface area contributed by atoms with Gasteiger partial charge < -0.3 is 14.5 Å². The highest BCUT2D eigenvalue weighted by Crippen LogP contribution is 2.36. The lowest BCUT2D eigenvalue weighted by atomic mass is 10.0. The molecule has 2 heterocycles. The van der Waals surface area contributed by atoms with Crippen molar-refractivity contribution >= 4 is 29.3 Å². The molecule has 2 fully saturated rings. The predicted octanol–water partition coefficient (Wildman–Crippen LogP) is 4.13. The summed E-state index contributed by atoms with van der Waals surface area (Å²) in [5.74, 6) is 0.662. The Morgan fingerprint density at radius 3 is 2.69 bits per heavy atom. The average Bonchev–Trinajstić information content (AvgIpc) is 3.40. The number of methoxy groups -OCH3 is 1. The van der Waals surface area contributed by atoms with Gasteiger partial charge in [-0.3, -0.25) is 9.59 Å². The minimum atomic E-state index is -0.278. The van der Waals surface area contributed by atoms with Gasteiger partial charge in [-0.1, -0.05) is 18.2 Å². The number of carbonyl (C=O) groups excluding carboxylic acids is 2. The summed E-state index contributed by atoms with van der Waals surface area (Å²) in [5.41, 5.74) is 2.01. The zero-order valence-electron chi connectivity index (χ0n) is 16.8. The van der Waals surface area contributed by atoms with Crippen LogP contribution in [0.25, 0.3) is 0 Å². The van der Waals surface area contributed by atoms with Crippen LogP contribution in [0.3, 0.4) is 0 Å². The van der Waals surface area contributed by atoms with Gasteiger partial charge in [0.25, 0.3) is 0 Å². The molecule has 2 atom stereocenters. The zero-order valence-corrected chi connectivity index (χ0v) is 17.7. The van der Waals surface area contributed by atoms with Crippen LogP contribution in [0.4, 0.5) is 5.69 Å². The van der Waals surface area contributed by atoms with Crippen molar-refractivity contribution in [2.75, 3.05) is 31.4 Å². The minimum Gasteiger partial charge on any atom is -0.497 e. The van der Waals surface area contributed by atoms with Crippen LogP contribution in [0.1, 0.15) is 30.9 Å². The summed E-state index contributed by atoms with van der Waals surface area (Å²) in [5, 5.41) is 0. The number of anilines is 1. The van der Waals surface area contributed by atoms with Crippen LogP contribution < -0.4 is 9.64 Å². The first kappa shape index (κ1) is 19.8. The number of hydrogen-bond donors (Lipinski definition) is 0. The molecular formula is C23H26N2O3S. The maximum absolute atomic E-state index is 13.3. The van der Waals surface area contributed by atoms with Crippen molar-refractivity contribution in [2.45, 2.75) is 30.2 Å². The summed E-state index contributed by atoms with van der Waals surface area (Å²) >= 11 is 1.65. The molecular weight excluding hydrogens is 384 g/mol. The van der Waals surface area contributed by atoms with Crippen LogP contribution >= 0.6 is 11.8 Å². The molecule has 0 aliphatic carbocycles. The fraction of sp³-hybridized carbons (Fsp3) is 0.391. The van der Waals surface area contributed by atoms with E-state index in [1.54, 1.807) is 23.8 Å². The third-order valence-electron chi connectivity index (χ3n) is 5.88. The topological polar surface area (TPSA) is 49.9 Å². The van der Waals surface area contributed by atoms with E-state index in [-0.39, 0.29) is 30.2 Å². The predicted molar refractivity (Wildman–Crippen MR) is 115 cm³/mol. The lowest BCUT2D eigenvalue weighted by molar-refractivity contribution is -0.136. The summed E-state index contributed by atoms with van der Waals surface area (Å²) in [6, 6.07) is 16.0. The first-order valence-electron chi connectivity index (χ1n) is 9.99. The number of thioether (sulfide) groups is 1. The second-order valence-electron chi connectivity index (χ2n) is 7.57. The number of benzene rings is 2. The summed E-state index contributed by atoms with van der Waals surface area (Å²) in [7, 11) is 1.65. The second-order valence-corrected chi connectivity index (χ2v) is 8.45. The Bertz CT molecular complexity index is 899. The Morgan fingerprint density at radius 2 is 1.97 bits per heavy atom. The van der Waals surface area contributed by atoms with E-state index in [1.165, 1.54) is 0 Å². The Morgan fingerprint density at radius 1 is 1.17 bits per heavy atom. The highest BCUT2D eigenvalue weighted by Gasteiger charge is 2.40. The molecule has 2 unspecified atom stereocenters. The number of rotatable bonds is 5. The first-order valence-corrected chi connectivity index (χ1v) is 11.2. The third kappa shape index (κ3) is 3.99. The number of ether oxygens (including phenoxy) is 1. The van der Waals surface area contributed by atoms with Crippen molar-refractivity contribution in [3.8, 4) is 5.75 Å². The van der Waals surface area contributed by atoms with Crippen LogP contribution in [-0.2, 0) is 9.59 Å². The molecule has 0 saturated carbocycles. The van der Waals surface area contributed by atoms with E-state index in [0.29, 0.717) is 6.54 Å². The van der Waals surface area contributed by atoms with E-state index in [4.69, 9.17) is 4.74 Å². The lowest BCUT2D eigenvalue weighted by Crippen LogP contribution is -2.37. The molecule has 4 rings (SSSR count). The molecule has 0 bridgehead atoms. The van der Waals surface area contributed by atoms with Crippen molar-refractivity contribution in [2.24, 2.45) is 5.92 Å². The van der Waals surface area contributed by atoms with Crippen molar-refractivity contribution in [1.82, 2.24) is 4.90 Å². The molecule has 2 aromatic rings. The fourth-order valence-electron chi connectivity index (χ4n) is 4.34. The maximum Gasteiger partial charge on any atom is 0.228 e. The van der Waals surface area contributed by atoms with E-state index in [9.17, 15) is 9.59 Å². The number of likely N-dealkylation sites (tertiary alicyclic amines) is 1. The molecule has 2 amide bonds. The highest BCUT2D eigenvalue weighted by atomic mass is 32.2. The normalized spacial score (nSPS) is 21.7. The van der Waals surface area contributed by atoms with Crippen molar-refractivity contribution < 1.29 is 14.3 Å². The maximum atomic E-state index is 13.3. The van der Waals surface area contributed by atoms with Crippen molar-refractivity contribution in [3.63, 3.8) is 0 Å². The number of amides is 2. The van der Waals surface area contributed by atoms with Gasteiger partial charge in [0.15, 0.2) is 0 Å². The quantitative estimate of drug-likeness (QED) is 0.696. The van der Waals surface area contributed by atoms with Gasteiger partial charge in [-0.25, -0.2) is 0 Å². The lowest BCUT2D eigenvalue weighted by Gasteiger charge is -2.28. The molecule has 152 valence electrons. The summed E-state index contributed by atoms with van der Waals surface area (Å²) in [4.78, 5) is 30.8. The molecule has 29 heavy (non-hydrogen) atoms. The smallest absolute Gasteiger partial charge is 0.228 e.